The minimum atomic E-state index is 0. The zero-order valence-corrected chi connectivity index (χ0v) is 16.9. The van der Waals surface area contributed by atoms with Crippen LogP contribution >= 0.6 is 0 Å². The first-order valence-electron chi connectivity index (χ1n) is 8.09. The van der Waals surface area contributed by atoms with Crippen LogP contribution < -0.4 is 24.8 Å². The van der Waals surface area contributed by atoms with Crippen molar-refractivity contribution < 1.29 is 24.8 Å². The molecule has 0 radical (unpaired) electrons. The molecule has 0 aliphatic carbocycles. The van der Waals surface area contributed by atoms with Crippen molar-refractivity contribution in [3.05, 3.63) is 34.4 Å². The largest absolute Gasteiger partial charge is 1.00 e. The van der Waals surface area contributed by atoms with Crippen LogP contribution in [0, 0.1) is 13.8 Å². The van der Waals surface area contributed by atoms with Crippen LogP contribution in [0.5, 0.6) is 0 Å². The Morgan fingerprint density at radius 2 is 1.00 bits per heavy atom. The lowest BCUT2D eigenvalue weighted by Crippen LogP contribution is -3.00. The van der Waals surface area contributed by atoms with Gasteiger partial charge in [-0.2, -0.15) is 0 Å². The van der Waals surface area contributed by atoms with Gasteiger partial charge in [-0.15, -0.1) is 0 Å². The molecule has 0 atom stereocenters. The molecule has 0 nitrogen and oxygen atoms in total. The Kier molecular flexibility index (Phi) is 9.07. The summed E-state index contributed by atoms with van der Waals surface area (Å²) in [4.78, 5) is 0. The van der Waals surface area contributed by atoms with E-state index in [4.69, 9.17) is 0 Å². The standard InChI is InChI=1S/C18H28S2.2ClH/c1-15-11-18(14-20-9-5-6-10-20)16(2)12-17(15)13-19-7-3-4-8-19;;/h11-12H,3-10,13-14H2,1-2H3;2*1H/q+2;;/p-2. The summed E-state index contributed by atoms with van der Waals surface area (Å²) in [5.74, 6) is 8.68. The third-order valence-electron chi connectivity index (χ3n) is 4.75. The minimum absolute atomic E-state index is 0. The highest BCUT2D eigenvalue weighted by atomic mass is 35.5. The van der Waals surface area contributed by atoms with E-state index in [0.717, 1.165) is 0 Å². The fourth-order valence-electron chi connectivity index (χ4n) is 3.40. The molecular weight excluding hydrogens is 351 g/mol. The van der Waals surface area contributed by atoms with Crippen molar-refractivity contribution in [2.24, 2.45) is 0 Å². The van der Waals surface area contributed by atoms with Crippen LogP contribution in [0.25, 0.3) is 0 Å². The minimum Gasteiger partial charge on any atom is -1.00 e. The molecule has 0 saturated carbocycles. The number of hydrogen-bond acceptors (Lipinski definition) is 0. The normalized spacial score (nSPS) is 19.0. The van der Waals surface area contributed by atoms with Crippen LogP contribution in [0.2, 0.25) is 0 Å². The lowest BCUT2D eigenvalue weighted by atomic mass is 10.0. The fraction of sp³-hybridized carbons (Fsp3) is 0.667. The van der Waals surface area contributed by atoms with E-state index in [1.807, 2.05) is 0 Å². The van der Waals surface area contributed by atoms with Gasteiger partial charge in [0.25, 0.3) is 0 Å². The van der Waals surface area contributed by atoms with Crippen molar-refractivity contribution in [1.29, 1.82) is 0 Å². The second-order valence-electron chi connectivity index (χ2n) is 6.45. The van der Waals surface area contributed by atoms with Crippen LogP contribution in [0.1, 0.15) is 47.9 Å². The molecule has 126 valence electrons. The van der Waals surface area contributed by atoms with E-state index in [9.17, 15) is 0 Å². The SMILES string of the molecule is Cc1cc(C[S+]2CCCC2)c(C)cc1C[S+]1CCCC1.[Cl-].[Cl-]. The quantitative estimate of drug-likeness (QED) is 0.538. The average Bonchev–Trinajstić information content (AvgIpc) is 3.08. The van der Waals surface area contributed by atoms with Gasteiger partial charge in [0.05, 0.1) is 0 Å². The first kappa shape index (κ1) is 20.5. The summed E-state index contributed by atoms with van der Waals surface area (Å²) >= 11 is 0. The van der Waals surface area contributed by atoms with E-state index in [1.165, 1.54) is 60.2 Å². The molecule has 4 heteroatoms. The Morgan fingerprint density at radius 1 is 0.682 bits per heavy atom. The molecule has 2 aliphatic rings. The van der Waals surface area contributed by atoms with Crippen molar-refractivity contribution in [2.45, 2.75) is 51.0 Å². The Morgan fingerprint density at radius 3 is 1.32 bits per heavy atom. The van der Waals surface area contributed by atoms with Crippen LogP contribution in [0.4, 0.5) is 0 Å². The van der Waals surface area contributed by atoms with Crippen LogP contribution in [-0.2, 0) is 33.3 Å². The number of hydrogen-bond donors (Lipinski definition) is 0. The molecule has 3 rings (SSSR count). The number of benzene rings is 1. The summed E-state index contributed by atoms with van der Waals surface area (Å²) in [7, 11) is 1.39. The monoisotopic (exact) mass is 378 g/mol. The zero-order chi connectivity index (χ0) is 13.9. The molecule has 2 heterocycles. The van der Waals surface area contributed by atoms with Gasteiger partial charge in [0, 0.05) is 11.1 Å². The van der Waals surface area contributed by atoms with Gasteiger partial charge in [-0.3, -0.25) is 0 Å². The van der Waals surface area contributed by atoms with E-state index in [-0.39, 0.29) is 24.8 Å². The highest BCUT2D eigenvalue weighted by molar-refractivity contribution is 7.96. The van der Waals surface area contributed by atoms with E-state index < -0.39 is 0 Å². The summed E-state index contributed by atoms with van der Waals surface area (Å²) in [5.41, 5.74) is 6.41. The summed E-state index contributed by atoms with van der Waals surface area (Å²) in [6, 6.07) is 5.05. The molecule has 2 aliphatic heterocycles. The van der Waals surface area contributed by atoms with Gasteiger partial charge in [-0.25, -0.2) is 0 Å². The molecule has 2 saturated heterocycles. The van der Waals surface area contributed by atoms with Gasteiger partial charge >= 0.3 is 0 Å². The summed E-state index contributed by atoms with van der Waals surface area (Å²) in [6.07, 6.45) is 5.90. The topological polar surface area (TPSA) is 0 Å². The fourth-order valence-corrected chi connectivity index (χ4v) is 8.34. The van der Waals surface area contributed by atoms with Crippen molar-refractivity contribution in [2.75, 3.05) is 23.0 Å². The third-order valence-corrected chi connectivity index (χ3v) is 9.65. The number of aryl methyl sites for hydroxylation is 2. The van der Waals surface area contributed by atoms with Gasteiger partial charge in [0.15, 0.2) is 0 Å². The molecule has 1 aromatic rings. The van der Waals surface area contributed by atoms with Gasteiger partial charge in [-0.1, -0.05) is 12.1 Å². The first-order valence-corrected chi connectivity index (χ1v) is 11.6. The molecule has 0 spiro atoms. The molecular formula is C18H28Cl2S2. The predicted molar refractivity (Wildman–Crippen MR) is 96.0 cm³/mol. The highest BCUT2D eigenvalue weighted by Crippen LogP contribution is 2.26. The van der Waals surface area contributed by atoms with Gasteiger partial charge < -0.3 is 24.8 Å². The molecule has 0 aromatic heterocycles. The van der Waals surface area contributed by atoms with Gasteiger partial charge in [0.1, 0.15) is 34.5 Å². The summed E-state index contributed by atoms with van der Waals surface area (Å²) in [6.45, 7) is 4.69. The number of rotatable bonds is 4. The van der Waals surface area contributed by atoms with E-state index in [1.54, 1.807) is 22.3 Å². The molecule has 1 aromatic carbocycles. The smallest absolute Gasteiger partial charge is 0.133 e. The van der Waals surface area contributed by atoms with E-state index >= 15 is 0 Å². The van der Waals surface area contributed by atoms with Crippen molar-refractivity contribution in [3.8, 4) is 0 Å². The lowest BCUT2D eigenvalue weighted by Gasteiger charge is -2.11. The maximum atomic E-state index is 2.52. The second kappa shape index (κ2) is 9.71. The van der Waals surface area contributed by atoms with Crippen molar-refractivity contribution >= 4 is 21.8 Å². The average molecular weight is 379 g/mol. The Hall–Kier alpha value is 0.500. The lowest BCUT2D eigenvalue weighted by molar-refractivity contribution is -0.00100. The Labute approximate surface area is 154 Å². The number of halogens is 2. The Balaban J connectivity index is 0.00000121. The zero-order valence-electron chi connectivity index (χ0n) is 13.8. The van der Waals surface area contributed by atoms with Gasteiger partial charge in [-0.05, 0) is 72.4 Å². The molecule has 0 bridgehead atoms. The van der Waals surface area contributed by atoms with E-state index in [0.29, 0.717) is 21.8 Å². The maximum absolute atomic E-state index is 2.52. The van der Waals surface area contributed by atoms with Crippen LogP contribution in [0.15, 0.2) is 12.1 Å². The third kappa shape index (κ3) is 5.26. The van der Waals surface area contributed by atoms with Gasteiger partial charge in [0.2, 0.25) is 0 Å². The summed E-state index contributed by atoms with van der Waals surface area (Å²) in [5, 5.41) is 0. The second-order valence-corrected chi connectivity index (χ2v) is 11.1. The van der Waals surface area contributed by atoms with Crippen molar-refractivity contribution in [3.63, 3.8) is 0 Å². The maximum Gasteiger partial charge on any atom is 0.133 e. The summed E-state index contributed by atoms with van der Waals surface area (Å²) < 4.78 is 0. The van der Waals surface area contributed by atoms with E-state index in [2.05, 4.69) is 26.0 Å². The first-order chi connectivity index (χ1) is 9.72. The molecule has 2 fully saturated rings. The predicted octanol–water partition coefficient (Wildman–Crippen LogP) is -1.86. The van der Waals surface area contributed by atoms with Crippen molar-refractivity contribution in [1.82, 2.24) is 0 Å². The molecule has 0 N–H and O–H groups in total. The molecule has 0 amide bonds. The van der Waals surface area contributed by atoms with Crippen LogP contribution in [-0.4, -0.2) is 23.0 Å². The Bertz CT molecular complexity index is 421. The van der Waals surface area contributed by atoms with Crippen LogP contribution in [0.3, 0.4) is 0 Å². The molecule has 22 heavy (non-hydrogen) atoms. The highest BCUT2D eigenvalue weighted by Gasteiger charge is 2.27. The molecule has 0 unspecified atom stereocenters.